The lowest BCUT2D eigenvalue weighted by Gasteiger charge is -2.44. The average molecular weight is 399 g/mol. The average Bonchev–Trinajstić information content (AvgIpc) is 2.71. The molecule has 0 bridgehead atoms. The van der Waals surface area contributed by atoms with Crippen molar-refractivity contribution in [2.24, 2.45) is 0 Å². The molecule has 0 radical (unpaired) electrons. The van der Waals surface area contributed by atoms with Crippen LogP contribution in [0.4, 0.5) is 0 Å². The Morgan fingerprint density at radius 3 is 2.48 bits per heavy atom. The molecule has 0 spiro atoms. The predicted molar refractivity (Wildman–Crippen MR) is 117 cm³/mol. The van der Waals surface area contributed by atoms with Crippen molar-refractivity contribution in [1.29, 1.82) is 0 Å². The van der Waals surface area contributed by atoms with Crippen LogP contribution in [0.5, 0.6) is 17.2 Å². The molecule has 0 aromatic heterocycles. The number of rotatable bonds is 7. The Hall–Kier alpha value is -2.24. The maximum Gasteiger partial charge on any atom is 0.190 e. The highest BCUT2D eigenvalue weighted by Crippen LogP contribution is 2.41. The second-order valence-electron chi connectivity index (χ2n) is 8.08. The van der Waals surface area contributed by atoms with E-state index < -0.39 is 5.72 Å². The molecular formula is C24H34N2O3. The van der Waals surface area contributed by atoms with Gasteiger partial charge >= 0.3 is 0 Å². The molecular weight excluding hydrogens is 364 g/mol. The quantitative estimate of drug-likeness (QED) is 0.725. The van der Waals surface area contributed by atoms with Crippen LogP contribution < -0.4 is 14.8 Å². The molecule has 0 amide bonds. The zero-order chi connectivity index (χ0) is 21.0. The van der Waals surface area contributed by atoms with Gasteiger partial charge in [0, 0.05) is 31.7 Å². The van der Waals surface area contributed by atoms with Crippen molar-refractivity contribution in [3.05, 3.63) is 53.1 Å². The highest BCUT2D eigenvalue weighted by molar-refractivity contribution is 5.48. The van der Waals surface area contributed by atoms with Gasteiger partial charge in [-0.15, -0.1) is 0 Å². The predicted octanol–water partition coefficient (Wildman–Crippen LogP) is 4.38. The molecule has 158 valence electrons. The lowest BCUT2D eigenvalue weighted by atomic mass is 9.97. The summed E-state index contributed by atoms with van der Waals surface area (Å²) in [6.07, 6.45) is 0. The third-order valence-corrected chi connectivity index (χ3v) is 5.67. The van der Waals surface area contributed by atoms with Crippen LogP contribution in [0.15, 0.2) is 36.4 Å². The zero-order valence-corrected chi connectivity index (χ0v) is 18.3. The summed E-state index contributed by atoms with van der Waals surface area (Å²) >= 11 is 0. The summed E-state index contributed by atoms with van der Waals surface area (Å²) in [6.45, 7) is 14.5. The van der Waals surface area contributed by atoms with Crippen molar-refractivity contribution in [3.8, 4) is 17.2 Å². The van der Waals surface area contributed by atoms with Crippen LogP contribution in [0.2, 0.25) is 0 Å². The minimum absolute atomic E-state index is 0.228. The Morgan fingerprint density at radius 2 is 1.83 bits per heavy atom. The third kappa shape index (κ3) is 4.51. The van der Waals surface area contributed by atoms with Crippen LogP contribution in [0.25, 0.3) is 0 Å². The molecule has 29 heavy (non-hydrogen) atoms. The van der Waals surface area contributed by atoms with E-state index in [-0.39, 0.29) is 5.92 Å². The van der Waals surface area contributed by atoms with Crippen molar-refractivity contribution in [2.75, 3.05) is 32.8 Å². The number of ether oxygens (including phenoxy) is 2. The summed E-state index contributed by atoms with van der Waals surface area (Å²) in [4.78, 5) is 2.37. The minimum Gasteiger partial charge on any atom is -0.508 e. The van der Waals surface area contributed by atoms with Gasteiger partial charge in [-0.2, -0.15) is 0 Å². The number of aromatic hydroxyl groups is 1. The molecule has 1 fully saturated rings. The van der Waals surface area contributed by atoms with Crippen molar-refractivity contribution in [2.45, 2.75) is 46.3 Å². The number of phenolic OH excluding ortho intramolecular Hbond substituents is 1. The molecule has 5 nitrogen and oxygen atoms in total. The molecule has 1 atom stereocenters. The summed E-state index contributed by atoms with van der Waals surface area (Å²) < 4.78 is 12.8. The first-order valence-electron chi connectivity index (χ1n) is 10.6. The maximum atomic E-state index is 10.3. The summed E-state index contributed by atoms with van der Waals surface area (Å²) in [5.41, 5.74) is 2.14. The van der Waals surface area contributed by atoms with Gasteiger partial charge < -0.3 is 19.9 Å². The number of hydrogen-bond acceptors (Lipinski definition) is 5. The molecule has 5 heteroatoms. The van der Waals surface area contributed by atoms with Crippen LogP contribution in [0, 0.1) is 6.92 Å². The topological polar surface area (TPSA) is 54.0 Å². The number of nitrogens with one attached hydrogen (secondary N) is 1. The molecule has 2 N–H and O–H groups in total. The summed E-state index contributed by atoms with van der Waals surface area (Å²) in [6, 6.07) is 11.9. The number of piperazine rings is 1. The molecule has 2 aromatic carbocycles. The summed E-state index contributed by atoms with van der Waals surface area (Å²) in [7, 11) is 0. The molecule has 2 aromatic rings. The smallest absolute Gasteiger partial charge is 0.190 e. The van der Waals surface area contributed by atoms with Gasteiger partial charge in [-0.25, -0.2) is 0 Å². The number of para-hydroxylation sites is 1. The van der Waals surface area contributed by atoms with Crippen LogP contribution in [-0.2, 0) is 5.72 Å². The van der Waals surface area contributed by atoms with Gasteiger partial charge in [0.1, 0.15) is 17.2 Å². The lowest BCUT2D eigenvalue weighted by molar-refractivity contribution is -0.0849. The van der Waals surface area contributed by atoms with Crippen LogP contribution in [0.1, 0.15) is 50.3 Å². The fourth-order valence-corrected chi connectivity index (χ4v) is 3.95. The van der Waals surface area contributed by atoms with Gasteiger partial charge in [0.05, 0.1) is 12.2 Å². The van der Waals surface area contributed by atoms with Gasteiger partial charge in [0.15, 0.2) is 5.72 Å². The third-order valence-electron chi connectivity index (χ3n) is 5.67. The Kier molecular flexibility index (Phi) is 6.70. The van der Waals surface area contributed by atoms with E-state index in [0.717, 1.165) is 54.4 Å². The van der Waals surface area contributed by atoms with E-state index in [1.165, 1.54) is 0 Å². The van der Waals surface area contributed by atoms with E-state index in [4.69, 9.17) is 9.47 Å². The number of hydrogen-bond donors (Lipinski definition) is 2. The van der Waals surface area contributed by atoms with Gasteiger partial charge in [-0.05, 0) is 56.5 Å². The van der Waals surface area contributed by atoms with E-state index in [1.54, 1.807) is 0 Å². The Balaban J connectivity index is 2.12. The van der Waals surface area contributed by atoms with Crippen molar-refractivity contribution >= 4 is 0 Å². The highest BCUT2D eigenvalue weighted by atomic mass is 16.5. The Labute approximate surface area is 174 Å². The normalized spacial score (nSPS) is 17.2. The van der Waals surface area contributed by atoms with Crippen LogP contribution in [0.3, 0.4) is 0 Å². The largest absolute Gasteiger partial charge is 0.508 e. The summed E-state index contributed by atoms with van der Waals surface area (Å²) in [5, 5.41) is 13.7. The molecule has 1 unspecified atom stereocenters. The minimum atomic E-state index is -0.694. The summed E-state index contributed by atoms with van der Waals surface area (Å²) in [5.74, 6) is 2.19. The first kappa shape index (κ1) is 21.5. The molecule has 3 rings (SSSR count). The monoisotopic (exact) mass is 398 g/mol. The molecule has 1 saturated heterocycles. The van der Waals surface area contributed by atoms with Crippen molar-refractivity contribution in [3.63, 3.8) is 0 Å². The molecule has 0 saturated carbocycles. The molecule has 1 aliphatic heterocycles. The standard InChI is InChI=1S/C24H34N2O3/c1-6-28-22-10-8-7-9-20(22)24(5,26-13-11-25-12-14-26)29-23-15-18(4)21(27)16-19(23)17(2)3/h7-10,15-17,25,27H,6,11-14H2,1-5H3. The molecule has 1 heterocycles. The molecule has 1 aliphatic rings. The first-order valence-corrected chi connectivity index (χ1v) is 10.6. The van der Waals surface area contributed by atoms with E-state index in [2.05, 4.69) is 37.1 Å². The van der Waals surface area contributed by atoms with Gasteiger partial charge in [0.2, 0.25) is 0 Å². The van der Waals surface area contributed by atoms with E-state index in [0.29, 0.717) is 12.4 Å². The lowest BCUT2D eigenvalue weighted by Crippen LogP contribution is -2.56. The zero-order valence-electron chi connectivity index (χ0n) is 18.3. The fraction of sp³-hybridized carbons (Fsp3) is 0.500. The maximum absolute atomic E-state index is 10.3. The van der Waals surface area contributed by atoms with Crippen molar-refractivity contribution < 1.29 is 14.6 Å². The van der Waals surface area contributed by atoms with Gasteiger partial charge in [-0.1, -0.05) is 26.0 Å². The molecule has 0 aliphatic carbocycles. The second kappa shape index (κ2) is 9.06. The number of nitrogens with zero attached hydrogens (tertiary/aromatic N) is 1. The van der Waals surface area contributed by atoms with E-state index in [1.807, 2.05) is 44.2 Å². The van der Waals surface area contributed by atoms with E-state index in [9.17, 15) is 5.11 Å². The Morgan fingerprint density at radius 1 is 1.14 bits per heavy atom. The van der Waals surface area contributed by atoms with Gasteiger partial charge in [0.25, 0.3) is 0 Å². The van der Waals surface area contributed by atoms with Crippen molar-refractivity contribution in [1.82, 2.24) is 10.2 Å². The second-order valence-corrected chi connectivity index (χ2v) is 8.08. The SMILES string of the molecule is CCOc1ccccc1C(C)(Oc1cc(C)c(O)cc1C(C)C)N1CCNCC1. The van der Waals surface area contributed by atoms with Crippen LogP contribution >= 0.6 is 0 Å². The Bertz CT molecular complexity index is 831. The number of benzene rings is 2. The highest BCUT2D eigenvalue weighted by Gasteiger charge is 2.40. The van der Waals surface area contributed by atoms with Crippen LogP contribution in [-0.4, -0.2) is 42.8 Å². The number of phenols is 1. The number of aryl methyl sites for hydroxylation is 1. The van der Waals surface area contributed by atoms with Gasteiger partial charge in [-0.3, -0.25) is 4.90 Å². The van der Waals surface area contributed by atoms with E-state index >= 15 is 0 Å². The fourth-order valence-electron chi connectivity index (χ4n) is 3.95. The first-order chi connectivity index (χ1) is 13.9.